The molecule has 0 radical (unpaired) electrons. The Balaban J connectivity index is 2.25. The SMILES string of the molecule is N#Cc1cccc(C(=O)/C=C/c2ccc(O)c([N+](=O)[O-])c2)c1. The molecule has 0 unspecified atom stereocenters. The van der Waals surface area contributed by atoms with E-state index < -0.39 is 16.4 Å². The molecule has 1 N–H and O–H groups in total. The summed E-state index contributed by atoms with van der Waals surface area (Å²) in [5.74, 6) is -0.761. The van der Waals surface area contributed by atoms with Crippen molar-refractivity contribution in [2.45, 2.75) is 0 Å². The molecule has 6 heteroatoms. The number of rotatable bonds is 4. The Kier molecular flexibility index (Phi) is 4.30. The number of carbonyl (C=O) groups excluding carboxylic acids is 1. The average molecular weight is 294 g/mol. The van der Waals surface area contributed by atoms with Crippen molar-refractivity contribution in [2.75, 3.05) is 0 Å². The normalized spacial score (nSPS) is 10.3. The van der Waals surface area contributed by atoms with Crippen LogP contribution in [0.15, 0.2) is 48.5 Å². The van der Waals surface area contributed by atoms with Crippen LogP contribution < -0.4 is 0 Å². The van der Waals surface area contributed by atoms with Gasteiger partial charge in [0.15, 0.2) is 11.5 Å². The van der Waals surface area contributed by atoms with Crippen molar-refractivity contribution in [3.05, 3.63) is 75.3 Å². The Hall–Kier alpha value is -3.46. The van der Waals surface area contributed by atoms with Crippen LogP contribution in [0.2, 0.25) is 0 Å². The molecular weight excluding hydrogens is 284 g/mol. The molecule has 0 amide bonds. The Morgan fingerprint density at radius 3 is 2.73 bits per heavy atom. The molecular formula is C16H10N2O4. The Morgan fingerprint density at radius 1 is 1.27 bits per heavy atom. The summed E-state index contributed by atoms with van der Waals surface area (Å²) in [5, 5.41) is 28.9. The van der Waals surface area contributed by atoms with Gasteiger partial charge in [0.25, 0.3) is 0 Å². The van der Waals surface area contributed by atoms with Crippen LogP contribution in [0.5, 0.6) is 5.75 Å². The van der Waals surface area contributed by atoms with Gasteiger partial charge in [0, 0.05) is 11.6 Å². The second-order valence-corrected chi connectivity index (χ2v) is 4.40. The fourth-order valence-corrected chi connectivity index (χ4v) is 1.80. The number of nitro benzene ring substituents is 1. The molecule has 0 fully saturated rings. The van der Waals surface area contributed by atoms with Crippen LogP contribution in [-0.4, -0.2) is 15.8 Å². The number of aromatic hydroxyl groups is 1. The summed E-state index contributed by atoms with van der Waals surface area (Å²) in [6.07, 6.45) is 2.67. The summed E-state index contributed by atoms with van der Waals surface area (Å²) < 4.78 is 0. The third kappa shape index (κ3) is 3.35. The molecule has 0 saturated heterocycles. The van der Waals surface area contributed by atoms with E-state index in [1.54, 1.807) is 18.2 Å². The van der Waals surface area contributed by atoms with Gasteiger partial charge in [-0.1, -0.05) is 24.3 Å². The maximum Gasteiger partial charge on any atom is 0.311 e. The largest absolute Gasteiger partial charge is 0.502 e. The topological polar surface area (TPSA) is 104 Å². The summed E-state index contributed by atoms with van der Waals surface area (Å²) in [6.45, 7) is 0. The lowest BCUT2D eigenvalue weighted by atomic mass is 10.1. The van der Waals surface area contributed by atoms with Gasteiger partial charge in [-0.05, 0) is 29.8 Å². The molecule has 6 nitrogen and oxygen atoms in total. The predicted molar refractivity (Wildman–Crippen MR) is 79.3 cm³/mol. The molecule has 0 spiro atoms. The summed E-state index contributed by atoms with van der Waals surface area (Å²) >= 11 is 0. The number of carbonyl (C=O) groups is 1. The van der Waals surface area contributed by atoms with Crippen molar-refractivity contribution in [1.82, 2.24) is 0 Å². The van der Waals surface area contributed by atoms with Gasteiger partial charge in [0.05, 0.1) is 16.6 Å². The fraction of sp³-hybridized carbons (Fsp3) is 0. The van der Waals surface area contributed by atoms with E-state index in [0.717, 1.165) is 0 Å². The van der Waals surface area contributed by atoms with Gasteiger partial charge in [-0.2, -0.15) is 5.26 Å². The van der Waals surface area contributed by atoms with Crippen molar-refractivity contribution in [3.8, 4) is 11.8 Å². The van der Waals surface area contributed by atoms with Gasteiger partial charge in [-0.25, -0.2) is 0 Å². The summed E-state index contributed by atoms with van der Waals surface area (Å²) in [4.78, 5) is 22.0. The summed E-state index contributed by atoms with van der Waals surface area (Å²) in [5.41, 5.74) is 0.707. The molecule has 0 aromatic heterocycles. The first-order chi connectivity index (χ1) is 10.5. The minimum absolute atomic E-state index is 0.326. The van der Waals surface area contributed by atoms with Gasteiger partial charge < -0.3 is 5.11 Å². The van der Waals surface area contributed by atoms with Crippen molar-refractivity contribution < 1.29 is 14.8 Å². The molecule has 2 aromatic rings. The van der Waals surface area contributed by atoms with Crippen LogP contribution in [0.25, 0.3) is 6.08 Å². The van der Waals surface area contributed by atoms with E-state index in [1.165, 1.54) is 36.4 Å². The minimum Gasteiger partial charge on any atom is -0.502 e. The lowest BCUT2D eigenvalue weighted by Crippen LogP contribution is -1.94. The van der Waals surface area contributed by atoms with Crippen LogP contribution in [0, 0.1) is 21.4 Å². The van der Waals surface area contributed by atoms with E-state index in [1.807, 2.05) is 6.07 Å². The number of ketones is 1. The summed E-state index contributed by atoms with van der Waals surface area (Å²) in [7, 11) is 0. The van der Waals surface area contributed by atoms with Crippen LogP contribution in [0.1, 0.15) is 21.5 Å². The molecule has 0 saturated carbocycles. The zero-order valence-electron chi connectivity index (χ0n) is 11.3. The van der Waals surface area contributed by atoms with E-state index in [2.05, 4.69) is 0 Å². The first kappa shape index (κ1) is 14.9. The second-order valence-electron chi connectivity index (χ2n) is 4.40. The number of nitriles is 1. The van der Waals surface area contributed by atoms with Crippen LogP contribution >= 0.6 is 0 Å². The standard InChI is InChI=1S/C16H10N2O4/c17-10-12-2-1-3-13(8-12)15(19)6-4-11-5-7-16(20)14(9-11)18(21)22/h1-9,20H/b6-4+. The van der Waals surface area contributed by atoms with Crippen LogP contribution in [0.3, 0.4) is 0 Å². The highest BCUT2D eigenvalue weighted by molar-refractivity contribution is 6.07. The quantitative estimate of drug-likeness (QED) is 0.404. The highest BCUT2D eigenvalue weighted by atomic mass is 16.6. The predicted octanol–water partition coefficient (Wildman–Crippen LogP) is 3.07. The zero-order chi connectivity index (χ0) is 16.1. The lowest BCUT2D eigenvalue weighted by Gasteiger charge is -1.98. The Bertz CT molecular complexity index is 819. The second kappa shape index (κ2) is 6.33. The third-order valence-corrected chi connectivity index (χ3v) is 2.90. The third-order valence-electron chi connectivity index (χ3n) is 2.90. The highest BCUT2D eigenvalue weighted by Gasteiger charge is 2.12. The first-order valence-corrected chi connectivity index (χ1v) is 6.21. The molecule has 0 bridgehead atoms. The molecule has 0 aliphatic rings. The first-order valence-electron chi connectivity index (χ1n) is 6.21. The molecule has 0 atom stereocenters. The van der Waals surface area contributed by atoms with Crippen molar-refractivity contribution in [3.63, 3.8) is 0 Å². The lowest BCUT2D eigenvalue weighted by molar-refractivity contribution is -0.385. The van der Waals surface area contributed by atoms with Gasteiger partial charge in [0.1, 0.15) is 0 Å². The van der Waals surface area contributed by atoms with Crippen molar-refractivity contribution in [2.24, 2.45) is 0 Å². The molecule has 22 heavy (non-hydrogen) atoms. The average Bonchev–Trinajstić information content (AvgIpc) is 2.53. The van der Waals surface area contributed by atoms with Gasteiger partial charge >= 0.3 is 5.69 Å². The number of phenolic OH excluding ortho intramolecular Hbond substituents is 1. The van der Waals surface area contributed by atoms with Gasteiger partial charge in [0.2, 0.25) is 0 Å². The van der Waals surface area contributed by atoms with Gasteiger partial charge in [-0.3, -0.25) is 14.9 Å². The molecule has 0 aliphatic carbocycles. The van der Waals surface area contributed by atoms with E-state index in [9.17, 15) is 20.0 Å². The fourth-order valence-electron chi connectivity index (χ4n) is 1.80. The number of hydrogen-bond acceptors (Lipinski definition) is 5. The Morgan fingerprint density at radius 2 is 2.05 bits per heavy atom. The van der Waals surface area contributed by atoms with E-state index in [-0.39, 0.29) is 5.78 Å². The monoisotopic (exact) mass is 294 g/mol. The molecule has 108 valence electrons. The van der Waals surface area contributed by atoms with Crippen LogP contribution in [-0.2, 0) is 0 Å². The number of nitrogens with zero attached hydrogens (tertiary/aromatic N) is 2. The molecule has 0 heterocycles. The molecule has 0 aliphatic heterocycles. The Labute approximate surface area is 125 Å². The smallest absolute Gasteiger partial charge is 0.311 e. The maximum atomic E-state index is 12.0. The maximum absolute atomic E-state index is 12.0. The number of phenols is 1. The van der Waals surface area contributed by atoms with E-state index in [4.69, 9.17) is 5.26 Å². The van der Waals surface area contributed by atoms with Crippen molar-refractivity contribution in [1.29, 1.82) is 5.26 Å². The number of allylic oxidation sites excluding steroid dienone is 1. The molecule has 2 rings (SSSR count). The minimum atomic E-state index is -0.703. The number of benzene rings is 2. The van der Waals surface area contributed by atoms with E-state index >= 15 is 0 Å². The number of hydrogen-bond donors (Lipinski definition) is 1. The number of nitro groups is 1. The van der Waals surface area contributed by atoms with Crippen LogP contribution in [0.4, 0.5) is 5.69 Å². The van der Waals surface area contributed by atoms with Crippen molar-refractivity contribution >= 4 is 17.5 Å². The summed E-state index contributed by atoms with van der Waals surface area (Å²) in [6, 6.07) is 12.0. The van der Waals surface area contributed by atoms with E-state index in [0.29, 0.717) is 16.7 Å². The van der Waals surface area contributed by atoms with Gasteiger partial charge in [-0.15, -0.1) is 0 Å². The molecule has 2 aromatic carbocycles. The highest BCUT2D eigenvalue weighted by Crippen LogP contribution is 2.26. The zero-order valence-corrected chi connectivity index (χ0v) is 11.3.